The summed E-state index contributed by atoms with van der Waals surface area (Å²) in [5.41, 5.74) is 0.660. The van der Waals surface area contributed by atoms with Crippen molar-refractivity contribution in [1.82, 2.24) is 15.1 Å². The highest BCUT2D eigenvalue weighted by Crippen LogP contribution is 2.26. The number of rotatable bonds is 5. The number of furan rings is 1. The van der Waals surface area contributed by atoms with Crippen LogP contribution >= 0.6 is 0 Å². The fraction of sp³-hybridized carbons (Fsp3) is 0.350. The van der Waals surface area contributed by atoms with Gasteiger partial charge in [-0.2, -0.15) is 0 Å². The third-order valence-corrected chi connectivity index (χ3v) is 4.74. The Labute approximate surface area is 162 Å². The van der Waals surface area contributed by atoms with E-state index in [1.54, 1.807) is 30.2 Å². The van der Waals surface area contributed by atoms with Crippen molar-refractivity contribution < 1.29 is 18.7 Å². The van der Waals surface area contributed by atoms with Crippen LogP contribution in [0.4, 0.5) is 5.82 Å². The first-order valence-electron chi connectivity index (χ1n) is 9.08. The molecule has 0 aliphatic carbocycles. The van der Waals surface area contributed by atoms with Crippen molar-refractivity contribution in [1.29, 1.82) is 0 Å². The maximum Gasteiger partial charge on any atom is 0.289 e. The third-order valence-electron chi connectivity index (χ3n) is 4.74. The lowest BCUT2D eigenvalue weighted by molar-refractivity contribution is 0.0742. The normalized spacial score (nSPS) is 16.4. The molecule has 4 rings (SSSR count). The van der Waals surface area contributed by atoms with Crippen LogP contribution in [-0.2, 0) is 0 Å². The zero-order valence-corrected chi connectivity index (χ0v) is 16.1. The zero-order chi connectivity index (χ0) is 19.7. The largest absolute Gasteiger partial charge is 0.497 e. The predicted octanol–water partition coefficient (Wildman–Crippen LogP) is 2.59. The fourth-order valence-electron chi connectivity index (χ4n) is 3.20. The van der Waals surface area contributed by atoms with Gasteiger partial charge in [-0.15, -0.1) is 10.2 Å². The number of carbonyl (C=O) groups excluding carboxylic acids is 1. The van der Waals surface area contributed by atoms with Gasteiger partial charge in [0.1, 0.15) is 17.4 Å². The second-order valence-corrected chi connectivity index (χ2v) is 6.92. The van der Waals surface area contributed by atoms with E-state index in [2.05, 4.69) is 10.2 Å². The Morgan fingerprint density at radius 2 is 2.07 bits per heavy atom. The molecular weight excluding hydrogens is 360 g/mol. The molecule has 0 bridgehead atoms. The van der Waals surface area contributed by atoms with Crippen LogP contribution in [0.5, 0.6) is 11.6 Å². The number of ether oxygens (including phenoxy) is 2. The molecule has 1 aliphatic rings. The number of likely N-dealkylation sites (tertiary alicyclic amines) is 1. The highest BCUT2D eigenvalue weighted by molar-refractivity contribution is 5.96. The number of hydrogen-bond donors (Lipinski definition) is 0. The van der Waals surface area contributed by atoms with Crippen LogP contribution in [0, 0.1) is 0 Å². The van der Waals surface area contributed by atoms with Crippen LogP contribution in [0.15, 0.2) is 40.8 Å². The maximum atomic E-state index is 12.8. The molecule has 0 radical (unpaired) electrons. The first kappa shape index (κ1) is 18.1. The third kappa shape index (κ3) is 3.58. The molecule has 2 aromatic heterocycles. The van der Waals surface area contributed by atoms with Crippen molar-refractivity contribution in [3.63, 3.8) is 0 Å². The lowest BCUT2D eigenvalue weighted by Gasteiger charge is -2.16. The molecule has 0 N–H and O–H groups in total. The predicted molar refractivity (Wildman–Crippen MR) is 104 cm³/mol. The van der Waals surface area contributed by atoms with Crippen molar-refractivity contribution in [2.75, 3.05) is 39.2 Å². The van der Waals surface area contributed by atoms with E-state index in [0.717, 1.165) is 23.4 Å². The van der Waals surface area contributed by atoms with E-state index in [4.69, 9.17) is 13.9 Å². The molecule has 1 saturated heterocycles. The van der Waals surface area contributed by atoms with E-state index in [-0.39, 0.29) is 12.0 Å². The van der Waals surface area contributed by atoms with Gasteiger partial charge in [0, 0.05) is 38.5 Å². The number of carbonyl (C=O) groups is 1. The molecule has 1 aromatic carbocycles. The molecular formula is C20H22N4O4. The van der Waals surface area contributed by atoms with Gasteiger partial charge < -0.3 is 23.7 Å². The van der Waals surface area contributed by atoms with Gasteiger partial charge in [-0.05, 0) is 30.3 Å². The highest BCUT2D eigenvalue weighted by atomic mass is 16.5. The van der Waals surface area contributed by atoms with E-state index in [1.807, 2.05) is 37.2 Å². The molecule has 146 valence electrons. The molecule has 1 fully saturated rings. The Kier molecular flexibility index (Phi) is 4.77. The number of anilines is 1. The molecule has 1 aliphatic heterocycles. The number of fused-ring (bicyclic) bond motifs is 1. The fourth-order valence-corrected chi connectivity index (χ4v) is 3.20. The summed E-state index contributed by atoms with van der Waals surface area (Å²) in [6.07, 6.45) is 0.615. The molecule has 1 amide bonds. The van der Waals surface area contributed by atoms with Crippen LogP contribution in [0.2, 0.25) is 0 Å². The minimum atomic E-state index is -0.143. The average molecular weight is 382 g/mol. The SMILES string of the molecule is COc1ccc2oc(C(=O)N3CCC(Oc4ccc(N(C)C)nn4)C3)cc2c1. The summed E-state index contributed by atoms with van der Waals surface area (Å²) in [5, 5.41) is 9.03. The van der Waals surface area contributed by atoms with Gasteiger partial charge in [-0.3, -0.25) is 4.79 Å². The van der Waals surface area contributed by atoms with Crippen molar-refractivity contribution in [2.45, 2.75) is 12.5 Å². The van der Waals surface area contributed by atoms with Gasteiger partial charge in [0.25, 0.3) is 5.91 Å². The van der Waals surface area contributed by atoms with Crippen LogP contribution in [-0.4, -0.2) is 61.4 Å². The molecule has 8 nitrogen and oxygen atoms in total. The Hall–Kier alpha value is -3.29. The number of benzene rings is 1. The van der Waals surface area contributed by atoms with Crippen LogP contribution in [0.25, 0.3) is 11.0 Å². The summed E-state index contributed by atoms with van der Waals surface area (Å²) in [6.45, 7) is 1.09. The van der Waals surface area contributed by atoms with Crippen molar-refractivity contribution in [3.05, 3.63) is 42.2 Å². The first-order chi connectivity index (χ1) is 13.5. The second-order valence-electron chi connectivity index (χ2n) is 6.92. The molecule has 3 aromatic rings. The minimum absolute atomic E-state index is 0.118. The molecule has 0 saturated carbocycles. The monoisotopic (exact) mass is 382 g/mol. The molecule has 0 spiro atoms. The minimum Gasteiger partial charge on any atom is -0.497 e. The Bertz CT molecular complexity index is 984. The lowest BCUT2D eigenvalue weighted by atomic mass is 10.2. The summed E-state index contributed by atoms with van der Waals surface area (Å²) in [5.74, 6) is 2.12. The summed E-state index contributed by atoms with van der Waals surface area (Å²) in [6, 6.07) is 10.9. The number of amides is 1. The van der Waals surface area contributed by atoms with E-state index in [1.165, 1.54) is 0 Å². The van der Waals surface area contributed by atoms with Gasteiger partial charge in [0.15, 0.2) is 11.6 Å². The summed E-state index contributed by atoms with van der Waals surface area (Å²) in [7, 11) is 5.41. The van der Waals surface area contributed by atoms with Crippen molar-refractivity contribution in [2.24, 2.45) is 0 Å². The topological polar surface area (TPSA) is 80.9 Å². The molecule has 1 unspecified atom stereocenters. The number of hydrogen-bond acceptors (Lipinski definition) is 7. The Balaban J connectivity index is 1.41. The average Bonchev–Trinajstić information content (AvgIpc) is 3.34. The van der Waals surface area contributed by atoms with Crippen molar-refractivity contribution >= 4 is 22.7 Å². The van der Waals surface area contributed by atoms with Gasteiger partial charge in [0.05, 0.1) is 13.7 Å². The molecule has 8 heteroatoms. The summed E-state index contributed by atoms with van der Waals surface area (Å²) >= 11 is 0. The standard InChI is InChI=1S/C20H22N4O4/c1-23(2)18-6-7-19(22-21-18)27-15-8-9-24(12-15)20(25)17-11-13-10-14(26-3)4-5-16(13)28-17/h4-7,10-11,15H,8-9,12H2,1-3H3. The lowest BCUT2D eigenvalue weighted by Crippen LogP contribution is -2.30. The van der Waals surface area contributed by atoms with Crippen LogP contribution in [0.3, 0.4) is 0 Å². The molecule has 3 heterocycles. The molecule has 28 heavy (non-hydrogen) atoms. The smallest absolute Gasteiger partial charge is 0.289 e. The quantitative estimate of drug-likeness (QED) is 0.671. The van der Waals surface area contributed by atoms with Gasteiger partial charge in [0.2, 0.25) is 5.88 Å². The van der Waals surface area contributed by atoms with Crippen LogP contribution in [0.1, 0.15) is 17.0 Å². The Morgan fingerprint density at radius 3 is 2.79 bits per heavy atom. The number of methoxy groups -OCH3 is 1. The van der Waals surface area contributed by atoms with Gasteiger partial charge in [-0.1, -0.05) is 0 Å². The maximum absolute atomic E-state index is 12.8. The number of nitrogens with zero attached hydrogens (tertiary/aromatic N) is 4. The summed E-state index contributed by atoms with van der Waals surface area (Å²) < 4.78 is 16.8. The zero-order valence-electron chi connectivity index (χ0n) is 16.1. The Morgan fingerprint density at radius 1 is 1.21 bits per heavy atom. The van der Waals surface area contributed by atoms with E-state index < -0.39 is 0 Å². The molecule has 1 atom stereocenters. The summed E-state index contributed by atoms with van der Waals surface area (Å²) in [4.78, 5) is 16.4. The van der Waals surface area contributed by atoms with Gasteiger partial charge in [-0.25, -0.2) is 0 Å². The van der Waals surface area contributed by atoms with Crippen molar-refractivity contribution in [3.8, 4) is 11.6 Å². The second kappa shape index (κ2) is 7.38. The first-order valence-corrected chi connectivity index (χ1v) is 9.08. The van der Waals surface area contributed by atoms with E-state index in [0.29, 0.717) is 30.3 Å². The van der Waals surface area contributed by atoms with E-state index in [9.17, 15) is 4.79 Å². The van der Waals surface area contributed by atoms with Crippen LogP contribution < -0.4 is 14.4 Å². The van der Waals surface area contributed by atoms with Gasteiger partial charge >= 0.3 is 0 Å². The highest BCUT2D eigenvalue weighted by Gasteiger charge is 2.30. The number of aromatic nitrogens is 2. The van der Waals surface area contributed by atoms with E-state index >= 15 is 0 Å².